The molecular formula is C14H23N3O. The van der Waals surface area contributed by atoms with Gasteiger partial charge in [-0.05, 0) is 37.0 Å². The third-order valence-corrected chi connectivity index (χ3v) is 2.99. The van der Waals surface area contributed by atoms with Gasteiger partial charge in [-0.2, -0.15) is 0 Å². The number of oxime groups is 1. The van der Waals surface area contributed by atoms with Crippen LogP contribution >= 0.6 is 0 Å². The Balaban J connectivity index is 2.62. The van der Waals surface area contributed by atoms with Gasteiger partial charge in [-0.15, -0.1) is 0 Å². The number of rotatable bonds is 7. The van der Waals surface area contributed by atoms with Crippen LogP contribution in [0.5, 0.6) is 0 Å². The third kappa shape index (κ3) is 4.28. The Morgan fingerprint density at radius 2 is 2.00 bits per heavy atom. The van der Waals surface area contributed by atoms with Crippen LogP contribution in [0.3, 0.4) is 0 Å². The van der Waals surface area contributed by atoms with Crippen LogP contribution in [0.25, 0.3) is 0 Å². The molecule has 4 heteroatoms. The molecule has 1 unspecified atom stereocenters. The van der Waals surface area contributed by atoms with E-state index >= 15 is 0 Å². The van der Waals surface area contributed by atoms with Gasteiger partial charge in [-0.3, -0.25) is 0 Å². The van der Waals surface area contributed by atoms with Gasteiger partial charge in [0.05, 0.1) is 6.04 Å². The van der Waals surface area contributed by atoms with Gasteiger partial charge in [0, 0.05) is 5.69 Å². The molecule has 1 aromatic carbocycles. The summed E-state index contributed by atoms with van der Waals surface area (Å²) >= 11 is 0. The molecule has 0 heterocycles. The summed E-state index contributed by atoms with van der Waals surface area (Å²) in [5, 5.41) is 15.0. The summed E-state index contributed by atoms with van der Waals surface area (Å²) < 4.78 is 0. The van der Waals surface area contributed by atoms with Crippen molar-refractivity contribution in [2.75, 3.05) is 5.32 Å². The summed E-state index contributed by atoms with van der Waals surface area (Å²) in [4.78, 5) is 0. The van der Waals surface area contributed by atoms with Gasteiger partial charge in [0.2, 0.25) is 0 Å². The number of nitrogens with zero attached hydrogens (tertiary/aromatic N) is 1. The molecule has 18 heavy (non-hydrogen) atoms. The highest BCUT2D eigenvalue weighted by molar-refractivity contribution is 5.87. The summed E-state index contributed by atoms with van der Waals surface area (Å²) in [6.07, 6.45) is 4.32. The first-order chi connectivity index (χ1) is 8.71. The molecule has 0 radical (unpaired) electrons. The molecule has 0 aromatic heterocycles. The predicted octanol–water partition coefficient (Wildman–Crippen LogP) is 2.97. The molecule has 1 atom stereocenters. The number of nitrogens with two attached hydrogens (primary N) is 1. The average molecular weight is 249 g/mol. The Morgan fingerprint density at radius 3 is 2.50 bits per heavy atom. The van der Waals surface area contributed by atoms with Crippen molar-refractivity contribution in [2.24, 2.45) is 10.9 Å². The minimum atomic E-state index is -0.128. The molecule has 0 spiro atoms. The number of anilines is 1. The Morgan fingerprint density at radius 1 is 1.33 bits per heavy atom. The molecule has 0 fully saturated rings. The Labute approximate surface area is 109 Å². The minimum absolute atomic E-state index is 0.128. The maximum Gasteiger partial charge on any atom is 0.161 e. The maximum absolute atomic E-state index is 8.68. The first-order valence-corrected chi connectivity index (χ1v) is 6.54. The molecule has 0 aliphatic rings. The summed E-state index contributed by atoms with van der Waals surface area (Å²) in [6.45, 7) is 4.18. The fraction of sp³-hybridized carbons (Fsp3) is 0.500. The van der Waals surface area contributed by atoms with Crippen molar-refractivity contribution in [1.29, 1.82) is 0 Å². The van der Waals surface area contributed by atoms with Crippen molar-refractivity contribution in [3.8, 4) is 0 Å². The van der Waals surface area contributed by atoms with E-state index in [-0.39, 0.29) is 11.9 Å². The lowest BCUT2D eigenvalue weighted by molar-refractivity contribution is 0.316. The van der Waals surface area contributed by atoms with Crippen molar-refractivity contribution >= 4 is 11.5 Å². The molecule has 0 saturated heterocycles. The molecule has 1 rings (SSSR count). The zero-order chi connectivity index (χ0) is 13.4. The van der Waals surface area contributed by atoms with Gasteiger partial charge < -0.3 is 16.3 Å². The van der Waals surface area contributed by atoms with Gasteiger partial charge in [0.1, 0.15) is 0 Å². The number of unbranched alkanes of at least 4 members (excludes halogenated alkanes) is 1. The largest absolute Gasteiger partial charge is 0.409 e. The monoisotopic (exact) mass is 249 g/mol. The van der Waals surface area contributed by atoms with Crippen LogP contribution in [0, 0.1) is 0 Å². The lowest BCUT2D eigenvalue weighted by Crippen LogP contribution is -2.35. The highest BCUT2D eigenvalue weighted by Gasteiger charge is 2.10. The minimum Gasteiger partial charge on any atom is -0.409 e. The van der Waals surface area contributed by atoms with E-state index in [9.17, 15) is 0 Å². The Kier molecular flexibility index (Phi) is 6.05. The zero-order valence-corrected chi connectivity index (χ0v) is 11.2. The molecule has 4 N–H and O–H groups in total. The average Bonchev–Trinajstić information content (AvgIpc) is 2.43. The normalized spacial score (nSPS) is 13.3. The van der Waals surface area contributed by atoms with Crippen molar-refractivity contribution < 1.29 is 5.21 Å². The van der Waals surface area contributed by atoms with Gasteiger partial charge in [0.25, 0.3) is 0 Å². The van der Waals surface area contributed by atoms with Crippen LogP contribution in [-0.2, 0) is 6.42 Å². The van der Waals surface area contributed by atoms with Crippen LogP contribution in [0.15, 0.2) is 29.4 Å². The Hall–Kier alpha value is -1.71. The smallest absolute Gasteiger partial charge is 0.161 e. The summed E-state index contributed by atoms with van der Waals surface area (Å²) in [5.41, 5.74) is 7.95. The van der Waals surface area contributed by atoms with Crippen molar-refractivity contribution in [3.63, 3.8) is 0 Å². The summed E-state index contributed by atoms with van der Waals surface area (Å²) in [5.74, 6) is 0.215. The fourth-order valence-electron chi connectivity index (χ4n) is 1.80. The number of hydrogen-bond acceptors (Lipinski definition) is 3. The first kappa shape index (κ1) is 14.4. The predicted molar refractivity (Wildman–Crippen MR) is 76.2 cm³/mol. The van der Waals surface area contributed by atoms with Crippen LogP contribution in [0.2, 0.25) is 0 Å². The van der Waals surface area contributed by atoms with E-state index in [4.69, 9.17) is 10.9 Å². The topological polar surface area (TPSA) is 70.6 Å². The highest BCUT2D eigenvalue weighted by atomic mass is 16.4. The molecule has 0 aliphatic carbocycles. The molecule has 100 valence electrons. The molecule has 0 aliphatic heterocycles. The van der Waals surface area contributed by atoms with Gasteiger partial charge in [0.15, 0.2) is 5.84 Å². The fourth-order valence-corrected chi connectivity index (χ4v) is 1.80. The van der Waals surface area contributed by atoms with Crippen molar-refractivity contribution in [1.82, 2.24) is 0 Å². The number of nitrogens with one attached hydrogen (secondary N) is 1. The molecule has 0 amide bonds. The van der Waals surface area contributed by atoms with Crippen LogP contribution < -0.4 is 11.1 Å². The van der Waals surface area contributed by atoms with E-state index in [0.29, 0.717) is 0 Å². The zero-order valence-electron chi connectivity index (χ0n) is 11.2. The lowest BCUT2D eigenvalue weighted by Gasteiger charge is -2.16. The van der Waals surface area contributed by atoms with E-state index in [0.717, 1.165) is 18.5 Å². The molecule has 1 aromatic rings. The van der Waals surface area contributed by atoms with Gasteiger partial charge in [-0.25, -0.2) is 0 Å². The number of amidine groups is 1. The highest BCUT2D eigenvalue weighted by Crippen LogP contribution is 2.13. The standard InChI is InChI=1S/C14H23N3O/c1-3-5-6-11-7-9-12(10-8-11)16-13(4-2)14(15)17-18/h7-10,13,16,18H,3-6H2,1-2H3,(H2,15,17). The van der Waals surface area contributed by atoms with Crippen LogP contribution in [0.4, 0.5) is 5.69 Å². The van der Waals surface area contributed by atoms with Gasteiger partial charge >= 0.3 is 0 Å². The van der Waals surface area contributed by atoms with Gasteiger partial charge in [-0.1, -0.05) is 37.6 Å². The molecule has 0 saturated carbocycles. The quantitative estimate of drug-likeness (QED) is 0.301. The molecule has 0 bridgehead atoms. The summed E-state index contributed by atoms with van der Waals surface area (Å²) in [7, 11) is 0. The second-order valence-electron chi connectivity index (χ2n) is 4.43. The second-order valence-corrected chi connectivity index (χ2v) is 4.43. The SMILES string of the molecule is CCCCc1ccc(NC(CC)C(N)=NO)cc1. The van der Waals surface area contributed by atoms with Crippen molar-refractivity contribution in [2.45, 2.75) is 45.6 Å². The Bertz CT molecular complexity index is 373. The second kappa shape index (κ2) is 7.58. The number of benzene rings is 1. The number of aryl methyl sites for hydroxylation is 1. The van der Waals surface area contributed by atoms with E-state index in [1.54, 1.807) is 0 Å². The van der Waals surface area contributed by atoms with E-state index in [2.05, 4.69) is 29.5 Å². The van der Waals surface area contributed by atoms with Crippen LogP contribution in [0.1, 0.15) is 38.7 Å². The lowest BCUT2D eigenvalue weighted by atomic mass is 10.1. The first-order valence-electron chi connectivity index (χ1n) is 6.54. The number of hydrogen-bond donors (Lipinski definition) is 3. The van der Waals surface area contributed by atoms with Crippen LogP contribution in [-0.4, -0.2) is 17.1 Å². The molecule has 4 nitrogen and oxygen atoms in total. The van der Waals surface area contributed by atoms with E-state index in [1.165, 1.54) is 18.4 Å². The third-order valence-electron chi connectivity index (χ3n) is 2.99. The summed E-state index contributed by atoms with van der Waals surface area (Å²) in [6, 6.07) is 8.20. The van der Waals surface area contributed by atoms with E-state index in [1.807, 2.05) is 19.1 Å². The van der Waals surface area contributed by atoms with E-state index < -0.39 is 0 Å². The maximum atomic E-state index is 8.68. The van der Waals surface area contributed by atoms with Crippen molar-refractivity contribution in [3.05, 3.63) is 29.8 Å². The molecular weight excluding hydrogens is 226 g/mol.